The van der Waals surface area contributed by atoms with E-state index in [-0.39, 0.29) is 41.2 Å². The third kappa shape index (κ3) is 9.40. The number of ether oxygens (including phenoxy) is 2. The molecule has 0 radical (unpaired) electrons. The Balaban J connectivity index is 2.80. The van der Waals surface area contributed by atoms with Crippen molar-refractivity contribution in [3.05, 3.63) is 24.3 Å². The van der Waals surface area contributed by atoms with Crippen molar-refractivity contribution in [3.8, 4) is 0 Å². The van der Waals surface area contributed by atoms with Crippen LogP contribution in [0.5, 0.6) is 0 Å². The second-order valence-electron chi connectivity index (χ2n) is 9.51. The van der Waals surface area contributed by atoms with Crippen LogP contribution in [0.1, 0.15) is 86.0 Å². The van der Waals surface area contributed by atoms with Gasteiger partial charge < -0.3 is 9.47 Å². The molecule has 0 bridgehead atoms. The summed E-state index contributed by atoms with van der Waals surface area (Å²) >= 11 is 0. The van der Waals surface area contributed by atoms with E-state index in [1.807, 2.05) is 6.08 Å². The molecular formula is C26H42O5. The van der Waals surface area contributed by atoms with E-state index < -0.39 is 0 Å². The topological polar surface area (TPSA) is 69.7 Å². The highest BCUT2D eigenvalue weighted by Gasteiger charge is 2.38. The zero-order chi connectivity index (χ0) is 23.4. The summed E-state index contributed by atoms with van der Waals surface area (Å²) in [5, 5.41) is 0. The Kier molecular flexibility index (Phi) is 11.8. The fraction of sp³-hybridized carbons (Fsp3) is 0.731. The largest absolute Gasteiger partial charge is 0.469 e. The molecule has 5 nitrogen and oxygen atoms in total. The van der Waals surface area contributed by atoms with Crippen molar-refractivity contribution in [1.82, 2.24) is 0 Å². The summed E-state index contributed by atoms with van der Waals surface area (Å²) < 4.78 is 10.3. The standard InChI is InChI=1S/C26H42O5/c1-7-8-17-26(4,5)24(31-20(3)27)16-15-21-19(2)18-23(28)22(21)13-11-9-10-12-14-25(29)30-6/h9,11,15-16,19,21-22,24H,7-8,10,12-14,17-18H2,1-6H3/b11-9-,16-15+/t19-,21-,22-,24-/m1/s1. The fourth-order valence-corrected chi connectivity index (χ4v) is 4.30. The molecule has 31 heavy (non-hydrogen) atoms. The number of rotatable bonds is 13. The van der Waals surface area contributed by atoms with E-state index in [9.17, 15) is 14.4 Å². The van der Waals surface area contributed by atoms with Crippen LogP contribution in [0, 0.1) is 23.2 Å². The van der Waals surface area contributed by atoms with Gasteiger partial charge in [-0.05, 0) is 43.6 Å². The lowest BCUT2D eigenvalue weighted by Gasteiger charge is -2.32. The zero-order valence-electron chi connectivity index (χ0n) is 20.3. The van der Waals surface area contributed by atoms with Crippen molar-refractivity contribution in [2.75, 3.05) is 7.11 Å². The predicted octanol–water partition coefficient (Wildman–Crippen LogP) is 5.82. The minimum Gasteiger partial charge on any atom is -0.469 e. The van der Waals surface area contributed by atoms with E-state index in [1.54, 1.807) is 0 Å². The number of carbonyl (C=O) groups excluding carboxylic acids is 3. The molecule has 1 aliphatic carbocycles. The van der Waals surface area contributed by atoms with Crippen LogP contribution >= 0.6 is 0 Å². The Morgan fingerprint density at radius 1 is 1.23 bits per heavy atom. The van der Waals surface area contributed by atoms with Gasteiger partial charge in [0.1, 0.15) is 11.9 Å². The molecule has 1 rings (SSSR count). The molecule has 1 aliphatic rings. The van der Waals surface area contributed by atoms with Gasteiger partial charge >= 0.3 is 11.9 Å². The van der Waals surface area contributed by atoms with Gasteiger partial charge in [-0.2, -0.15) is 0 Å². The molecule has 4 atom stereocenters. The Bertz CT molecular complexity index is 646. The normalized spacial score (nSPS) is 22.9. The average molecular weight is 435 g/mol. The van der Waals surface area contributed by atoms with Crippen LogP contribution in [0.4, 0.5) is 0 Å². The van der Waals surface area contributed by atoms with Gasteiger partial charge in [-0.1, -0.05) is 58.8 Å². The van der Waals surface area contributed by atoms with Crippen LogP contribution < -0.4 is 0 Å². The Labute approximate surface area is 188 Å². The Morgan fingerprint density at radius 2 is 1.94 bits per heavy atom. The molecule has 5 heteroatoms. The number of hydrogen-bond donors (Lipinski definition) is 0. The summed E-state index contributed by atoms with van der Waals surface area (Å²) in [5.74, 6) is 0.213. The highest BCUT2D eigenvalue weighted by Crippen LogP contribution is 2.39. The lowest BCUT2D eigenvalue weighted by molar-refractivity contribution is -0.149. The van der Waals surface area contributed by atoms with Gasteiger partial charge in [-0.3, -0.25) is 14.4 Å². The fourth-order valence-electron chi connectivity index (χ4n) is 4.30. The smallest absolute Gasteiger partial charge is 0.305 e. The second-order valence-corrected chi connectivity index (χ2v) is 9.51. The SMILES string of the molecule is CCCCC(C)(C)[C@@H](/C=C/[C@@H]1[C@H](C)CC(=O)[C@@H]1C/C=C\CCCC(=O)OC)OC(C)=O. The maximum Gasteiger partial charge on any atom is 0.305 e. The number of esters is 2. The third-order valence-electron chi connectivity index (χ3n) is 6.34. The molecule has 0 aromatic rings. The molecule has 0 aromatic heterocycles. The Morgan fingerprint density at radius 3 is 2.55 bits per heavy atom. The first-order valence-corrected chi connectivity index (χ1v) is 11.7. The van der Waals surface area contributed by atoms with E-state index in [0.29, 0.717) is 25.0 Å². The van der Waals surface area contributed by atoms with Gasteiger partial charge in [0, 0.05) is 31.1 Å². The van der Waals surface area contributed by atoms with Crippen LogP contribution in [0.3, 0.4) is 0 Å². The van der Waals surface area contributed by atoms with Crippen molar-refractivity contribution in [2.45, 2.75) is 92.1 Å². The van der Waals surface area contributed by atoms with Gasteiger partial charge in [-0.25, -0.2) is 0 Å². The number of hydrogen-bond acceptors (Lipinski definition) is 5. The number of Topliss-reactive ketones (excluding diaryl/α,β-unsaturated/α-hetero) is 1. The molecular weight excluding hydrogens is 392 g/mol. The van der Waals surface area contributed by atoms with Crippen molar-refractivity contribution in [3.63, 3.8) is 0 Å². The second kappa shape index (κ2) is 13.5. The number of methoxy groups -OCH3 is 1. The lowest BCUT2D eigenvalue weighted by Crippen LogP contribution is -2.32. The number of unbranched alkanes of at least 4 members (excludes halogenated alkanes) is 2. The minimum atomic E-state index is -0.297. The maximum atomic E-state index is 12.6. The molecule has 0 heterocycles. The van der Waals surface area contributed by atoms with Crippen molar-refractivity contribution >= 4 is 17.7 Å². The van der Waals surface area contributed by atoms with E-state index in [1.165, 1.54) is 14.0 Å². The first-order valence-electron chi connectivity index (χ1n) is 11.7. The molecule has 0 N–H and O–H groups in total. The molecule has 1 saturated carbocycles. The monoisotopic (exact) mass is 434 g/mol. The number of allylic oxidation sites excluding steroid dienone is 3. The summed E-state index contributed by atoms with van der Waals surface area (Å²) in [6.07, 6.45) is 14.4. The third-order valence-corrected chi connectivity index (χ3v) is 6.34. The molecule has 0 saturated heterocycles. The zero-order valence-corrected chi connectivity index (χ0v) is 20.3. The lowest BCUT2D eigenvalue weighted by atomic mass is 9.79. The molecule has 0 aromatic carbocycles. The van der Waals surface area contributed by atoms with Crippen LogP contribution in [0.15, 0.2) is 24.3 Å². The summed E-state index contributed by atoms with van der Waals surface area (Å²) in [4.78, 5) is 35.5. The molecule has 0 unspecified atom stereocenters. The molecule has 0 aliphatic heterocycles. The summed E-state index contributed by atoms with van der Waals surface area (Å²) in [6, 6.07) is 0. The van der Waals surface area contributed by atoms with Crippen LogP contribution in [-0.4, -0.2) is 30.9 Å². The highest BCUT2D eigenvalue weighted by molar-refractivity contribution is 5.84. The predicted molar refractivity (Wildman–Crippen MR) is 123 cm³/mol. The molecule has 1 fully saturated rings. The quantitative estimate of drug-likeness (QED) is 0.207. The Hall–Kier alpha value is -1.91. The molecule has 176 valence electrons. The number of carbonyl (C=O) groups is 3. The first kappa shape index (κ1) is 27.1. The van der Waals surface area contributed by atoms with Crippen LogP contribution in [0.2, 0.25) is 0 Å². The molecule has 0 amide bonds. The van der Waals surface area contributed by atoms with E-state index in [2.05, 4.69) is 50.7 Å². The molecule has 0 spiro atoms. The van der Waals surface area contributed by atoms with Gasteiger partial charge in [0.2, 0.25) is 0 Å². The summed E-state index contributed by atoms with van der Waals surface area (Å²) in [6.45, 7) is 10.0. The maximum absolute atomic E-state index is 12.6. The van der Waals surface area contributed by atoms with E-state index in [4.69, 9.17) is 4.74 Å². The summed E-state index contributed by atoms with van der Waals surface area (Å²) in [5.41, 5.74) is -0.154. The average Bonchev–Trinajstić information content (AvgIpc) is 2.97. The van der Waals surface area contributed by atoms with Crippen molar-refractivity contribution < 1.29 is 23.9 Å². The van der Waals surface area contributed by atoms with Gasteiger partial charge in [0.25, 0.3) is 0 Å². The van der Waals surface area contributed by atoms with Crippen molar-refractivity contribution in [1.29, 1.82) is 0 Å². The van der Waals surface area contributed by atoms with Gasteiger partial charge in [0.05, 0.1) is 7.11 Å². The van der Waals surface area contributed by atoms with Crippen molar-refractivity contribution in [2.24, 2.45) is 23.2 Å². The first-order chi connectivity index (χ1) is 14.6. The minimum absolute atomic E-state index is 0.0418. The van der Waals surface area contributed by atoms with E-state index in [0.717, 1.165) is 32.1 Å². The number of ketones is 1. The van der Waals surface area contributed by atoms with Crippen LogP contribution in [-0.2, 0) is 23.9 Å². The van der Waals surface area contributed by atoms with Crippen LogP contribution in [0.25, 0.3) is 0 Å². The van der Waals surface area contributed by atoms with Gasteiger partial charge in [0.15, 0.2) is 0 Å². The van der Waals surface area contributed by atoms with Gasteiger partial charge in [-0.15, -0.1) is 0 Å². The van der Waals surface area contributed by atoms with E-state index >= 15 is 0 Å². The summed E-state index contributed by atoms with van der Waals surface area (Å²) in [7, 11) is 1.40. The highest BCUT2D eigenvalue weighted by atomic mass is 16.5.